The monoisotopic (exact) mass is 340 g/mol. The van der Waals surface area contributed by atoms with Crippen molar-refractivity contribution in [2.45, 2.75) is 20.0 Å². The first-order valence-corrected chi connectivity index (χ1v) is 8.33. The van der Waals surface area contributed by atoms with E-state index in [-0.39, 0.29) is 11.8 Å². The van der Waals surface area contributed by atoms with Crippen LogP contribution in [0.3, 0.4) is 0 Å². The number of rotatable bonds is 5. The van der Waals surface area contributed by atoms with Gasteiger partial charge in [-0.1, -0.05) is 18.2 Å². The Kier molecular flexibility index (Phi) is 4.57. The molecule has 0 radical (unpaired) electrons. The summed E-state index contributed by atoms with van der Waals surface area (Å²) >= 11 is 1.50. The Bertz CT molecular complexity index is 916. The van der Waals surface area contributed by atoms with Gasteiger partial charge >= 0.3 is 0 Å². The lowest BCUT2D eigenvalue weighted by molar-refractivity contribution is -0.384. The lowest BCUT2D eigenvalue weighted by Gasteiger charge is -2.11. The van der Waals surface area contributed by atoms with Gasteiger partial charge in [0, 0.05) is 17.7 Å². The zero-order valence-electron chi connectivity index (χ0n) is 13.3. The summed E-state index contributed by atoms with van der Waals surface area (Å²) in [5.41, 5.74) is 1.66. The molecule has 24 heavy (non-hydrogen) atoms. The minimum atomic E-state index is -0.409. The number of nitro groups is 1. The number of non-ortho nitro benzene ring substituents is 1. The van der Waals surface area contributed by atoms with Crippen LogP contribution in [0.15, 0.2) is 42.5 Å². The van der Waals surface area contributed by atoms with Crippen LogP contribution in [-0.4, -0.2) is 16.0 Å². The van der Waals surface area contributed by atoms with Gasteiger partial charge in [-0.05, 0) is 38.1 Å². The van der Waals surface area contributed by atoms with E-state index in [0.29, 0.717) is 5.52 Å². The summed E-state index contributed by atoms with van der Waals surface area (Å²) in [7, 11) is 0. The predicted molar refractivity (Wildman–Crippen MR) is 97.4 cm³/mol. The number of hydrogen-bond acceptors (Lipinski definition) is 5. The van der Waals surface area contributed by atoms with Crippen molar-refractivity contribution in [3.63, 3.8) is 0 Å². The van der Waals surface area contributed by atoms with Gasteiger partial charge in [-0.3, -0.25) is 10.1 Å². The number of aromatic nitrogens is 1. The third kappa shape index (κ3) is 3.60. The molecular formula is C18H16N2O3S. The second kappa shape index (κ2) is 6.80. The standard InChI is InChI=1S/C18H16N2O3S/c1-12(2)23-16-6-4-3-5-13(16)7-10-18-19-15-11-14(20(21)22)8-9-17(15)24-18/h3-12H,1-2H3/b10-7+. The quantitative estimate of drug-likeness (QED) is 0.475. The average molecular weight is 340 g/mol. The number of nitrogens with zero attached hydrogens (tertiary/aromatic N) is 2. The van der Waals surface area contributed by atoms with E-state index in [2.05, 4.69) is 4.98 Å². The molecule has 0 aliphatic rings. The Morgan fingerprint density at radius 1 is 1.21 bits per heavy atom. The number of para-hydroxylation sites is 1. The third-order valence-corrected chi connectivity index (χ3v) is 4.29. The lowest BCUT2D eigenvalue weighted by atomic mass is 10.2. The van der Waals surface area contributed by atoms with Crippen LogP contribution in [-0.2, 0) is 0 Å². The van der Waals surface area contributed by atoms with Crippen LogP contribution in [0.5, 0.6) is 5.75 Å². The second-order valence-corrected chi connectivity index (χ2v) is 6.56. The molecule has 6 heteroatoms. The topological polar surface area (TPSA) is 65.3 Å². The summed E-state index contributed by atoms with van der Waals surface area (Å²) in [6.07, 6.45) is 3.95. The first kappa shape index (κ1) is 16.1. The first-order valence-electron chi connectivity index (χ1n) is 7.51. The summed E-state index contributed by atoms with van der Waals surface area (Å²) in [6.45, 7) is 3.97. The van der Waals surface area contributed by atoms with Gasteiger partial charge in [0.05, 0.1) is 21.2 Å². The number of fused-ring (bicyclic) bond motifs is 1. The maximum absolute atomic E-state index is 10.8. The predicted octanol–water partition coefficient (Wildman–Crippen LogP) is 5.16. The Hall–Kier alpha value is -2.73. The van der Waals surface area contributed by atoms with Gasteiger partial charge in [0.15, 0.2) is 0 Å². The van der Waals surface area contributed by atoms with Gasteiger partial charge in [0.2, 0.25) is 0 Å². The van der Waals surface area contributed by atoms with Crippen molar-refractivity contribution in [1.82, 2.24) is 4.98 Å². The minimum absolute atomic E-state index is 0.0546. The van der Waals surface area contributed by atoms with Crippen LogP contribution < -0.4 is 4.74 Å². The highest BCUT2D eigenvalue weighted by atomic mass is 32.1. The van der Waals surface area contributed by atoms with Crippen LogP contribution in [0.2, 0.25) is 0 Å². The van der Waals surface area contributed by atoms with Gasteiger partial charge in [0.25, 0.3) is 5.69 Å². The molecular weight excluding hydrogens is 324 g/mol. The fourth-order valence-corrected chi connectivity index (χ4v) is 3.11. The maximum atomic E-state index is 10.8. The van der Waals surface area contributed by atoms with Gasteiger partial charge in [-0.15, -0.1) is 11.3 Å². The summed E-state index contributed by atoms with van der Waals surface area (Å²) in [6, 6.07) is 12.5. The highest BCUT2D eigenvalue weighted by molar-refractivity contribution is 7.19. The van der Waals surface area contributed by atoms with Crippen molar-refractivity contribution in [2.75, 3.05) is 0 Å². The van der Waals surface area contributed by atoms with E-state index in [9.17, 15) is 10.1 Å². The van der Waals surface area contributed by atoms with Gasteiger partial charge < -0.3 is 4.74 Å². The SMILES string of the molecule is CC(C)Oc1ccccc1/C=C/c1nc2cc([N+](=O)[O-])ccc2s1. The number of benzene rings is 2. The summed E-state index contributed by atoms with van der Waals surface area (Å²) in [5, 5.41) is 11.6. The van der Waals surface area contributed by atoms with E-state index in [4.69, 9.17) is 4.74 Å². The Balaban J connectivity index is 1.89. The smallest absolute Gasteiger partial charge is 0.271 e. The molecule has 0 aliphatic heterocycles. The molecule has 0 spiro atoms. The molecule has 0 bridgehead atoms. The third-order valence-electron chi connectivity index (χ3n) is 3.29. The number of thiazole rings is 1. The maximum Gasteiger partial charge on any atom is 0.271 e. The van der Waals surface area contributed by atoms with Crippen molar-refractivity contribution < 1.29 is 9.66 Å². The second-order valence-electron chi connectivity index (χ2n) is 5.50. The van der Waals surface area contributed by atoms with Crippen LogP contribution >= 0.6 is 11.3 Å². The van der Waals surface area contributed by atoms with Crippen LogP contribution in [0.1, 0.15) is 24.4 Å². The molecule has 2 aromatic carbocycles. The van der Waals surface area contributed by atoms with Crippen LogP contribution in [0.4, 0.5) is 5.69 Å². The molecule has 3 aromatic rings. The van der Waals surface area contributed by atoms with E-state index in [1.54, 1.807) is 6.07 Å². The van der Waals surface area contributed by atoms with Crippen molar-refractivity contribution >= 4 is 39.4 Å². The van der Waals surface area contributed by atoms with Crippen LogP contribution in [0, 0.1) is 10.1 Å². The first-order chi connectivity index (χ1) is 11.5. The molecule has 3 rings (SSSR count). The van der Waals surface area contributed by atoms with E-state index in [1.807, 2.05) is 50.3 Å². The molecule has 1 heterocycles. The Morgan fingerprint density at radius 3 is 2.75 bits per heavy atom. The lowest BCUT2D eigenvalue weighted by Crippen LogP contribution is -2.06. The molecule has 1 aromatic heterocycles. The molecule has 0 amide bonds. The van der Waals surface area contributed by atoms with Crippen LogP contribution in [0.25, 0.3) is 22.4 Å². The fourth-order valence-electron chi connectivity index (χ4n) is 2.26. The summed E-state index contributed by atoms with van der Waals surface area (Å²) < 4.78 is 6.71. The number of ether oxygens (including phenoxy) is 1. The molecule has 0 unspecified atom stereocenters. The minimum Gasteiger partial charge on any atom is -0.490 e. The zero-order chi connectivity index (χ0) is 17.1. The van der Waals surface area contributed by atoms with Gasteiger partial charge in [-0.2, -0.15) is 0 Å². The molecule has 122 valence electrons. The number of nitro benzene ring substituents is 1. The molecule has 0 atom stereocenters. The molecule has 0 fully saturated rings. The van der Waals surface area contributed by atoms with Gasteiger partial charge in [-0.25, -0.2) is 4.98 Å². The van der Waals surface area contributed by atoms with Crippen molar-refractivity contribution in [3.05, 3.63) is 63.1 Å². The summed E-state index contributed by atoms with van der Waals surface area (Å²) in [5.74, 6) is 0.820. The van der Waals surface area contributed by atoms with E-state index in [1.165, 1.54) is 23.5 Å². The summed E-state index contributed by atoms with van der Waals surface area (Å²) in [4.78, 5) is 14.9. The highest BCUT2D eigenvalue weighted by Crippen LogP contribution is 2.28. The Morgan fingerprint density at radius 2 is 2.00 bits per heavy atom. The average Bonchev–Trinajstić information content (AvgIpc) is 2.95. The largest absolute Gasteiger partial charge is 0.490 e. The van der Waals surface area contributed by atoms with E-state index < -0.39 is 4.92 Å². The molecule has 0 saturated carbocycles. The fraction of sp³-hybridized carbons (Fsp3) is 0.167. The van der Waals surface area contributed by atoms with Crippen molar-refractivity contribution in [2.24, 2.45) is 0 Å². The molecule has 0 N–H and O–H groups in total. The normalized spacial score (nSPS) is 11.5. The van der Waals surface area contributed by atoms with E-state index in [0.717, 1.165) is 21.0 Å². The molecule has 0 saturated heterocycles. The molecule has 0 aliphatic carbocycles. The highest BCUT2D eigenvalue weighted by Gasteiger charge is 2.09. The van der Waals surface area contributed by atoms with Gasteiger partial charge in [0.1, 0.15) is 10.8 Å². The molecule has 5 nitrogen and oxygen atoms in total. The van der Waals surface area contributed by atoms with E-state index >= 15 is 0 Å². The Labute approximate surface area is 143 Å². The zero-order valence-corrected chi connectivity index (χ0v) is 14.1. The number of hydrogen-bond donors (Lipinski definition) is 0. The van der Waals surface area contributed by atoms with Crippen molar-refractivity contribution in [3.8, 4) is 5.75 Å². The van der Waals surface area contributed by atoms with Crippen molar-refractivity contribution in [1.29, 1.82) is 0 Å².